The summed E-state index contributed by atoms with van der Waals surface area (Å²) < 4.78 is 20.7. The van der Waals surface area contributed by atoms with Crippen LogP contribution in [0, 0.1) is 0 Å². The quantitative estimate of drug-likeness (QED) is 0.316. The van der Waals surface area contributed by atoms with Crippen LogP contribution in [0.1, 0.15) is 46.0 Å². The van der Waals surface area contributed by atoms with Crippen LogP contribution in [0.3, 0.4) is 0 Å². The predicted molar refractivity (Wildman–Crippen MR) is 115 cm³/mol. The molecule has 9 heteroatoms. The summed E-state index contributed by atoms with van der Waals surface area (Å²) in [5, 5.41) is 21.1. The third-order valence-corrected chi connectivity index (χ3v) is 3.00. The first-order chi connectivity index (χ1) is 14.4. The minimum absolute atomic E-state index is 0.190. The maximum atomic E-state index is 9.60. The van der Waals surface area contributed by atoms with Gasteiger partial charge in [-0.25, -0.2) is 0 Å². The lowest BCUT2D eigenvalue weighted by molar-refractivity contribution is -0.138. The first-order valence-electron chi connectivity index (χ1n) is 10.1. The second kappa shape index (κ2) is 20.5. The van der Waals surface area contributed by atoms with Crippen LogP contribution in [0.5, 0.6) is 5.75 Å². The van der Waals surface area contributed by atoms with E-state index in [4.69, 9.17) is 24.4 Å². The van der Waals surface area contributed by atoms with Crippen LogP contribution in [0.25, 0.3) is 0 Å². The second-order valence-electron chi connectivity index (χ2n) is 6.60. The molecule has 0 fully saturated rings. The summed E-state index contributed by atoms with van der Waals surface area (Å²) in [5.74, 6) is 0.562. The number of aliphatic hydroxyl groups excluding tert-OH is 2. The van der Waals surface area contributed by atoms with E-state index in [9.17, 15) is 4.79 Å². The Morgan fingerprint density at radius 1 is 0.967 bits per heavy atom. The standard InChI is InChI=1S/C14H24N2O5.C5H10O2.C2H6/c1-15-2-3-19-4-5-20-6-7-21-14-8-12(10-17)16-13(9-14)11-18;1-5(2,3)7-4-6;1-2/h8-9,15,17-18H,2-7,10-11H2,1H3;4H,1-3H3;1-2H3. The number of carbonyl (C=O) groups is 1. The number of ether oxygens (including phenoxy) is 4. The summed E-state index contributed by atoms with van der Waals surface area (Å²) in [7, 11) is 1.88. The highest BCUT2D eigenvalue weighted by molar-refractivity contribution is 5.37. The molecule has 0 aliphatic heterocycles. The van der Waals surface area contributed by atoms with Gasteiger partial charge in [-0.2, -0.15) is 0 Å². The maximum Gasteiger partial charge on any atom is 0.293 e. The van der Waals surface area contributed by atoms with Gasteiger partial charge in [0, 0.05) is 18.7 Å². The van der Waals surface area contributed by atoms with Gasteiger partial charge in [-0.05, 0) is 27.8 Å². The largest absolute Gasteiger partial charge is 0.491 e. The van der Waals surface area contributed by atoms with Crippen molar-refractivity contribution in [2.45, 2.75) is 53.4 Å². The Bertz CT molecular complexity index is 500. The molecule has 0 bridgehead atoms. The molecule has 1 aromatic heterocycles. The summed E-state index contributed by atoms with van der Waals surface area (Å²) >= 11 is 0. The smallest absolute Gasteiger partial charge is 0.293 e. The van der Waals surface area contributed by atoms with Gasteiger partial charge in [-0.15, -0.1) is 0 Å². The second-order valence-corrected chi connectivity index (χ2v) is 6.60. The fourth-order valence-electron chi connectivity index (χ4n) is 1.72. The van der Waals surface area contributed by atoms with Crippen molar-refractivity contribution in [3.05, 3.63) is 23.5 Å². The van der Waals surface area contributed by atoms with Crippen molar-refractivity contribution in [3.8, 4) is 5.75 Å². The molecular weight excluding hydrogens is 392 g/mol. The summed E-state index contributed by atoms with van der Waals surface area (Å²) in [4.78, 5) is 13.6. The molecular formula is C21H40N2O7. The molecule has 0 atom stereocenters. The molecule has 0 aliphatic carbocycles. The molecule has 3 N–H and O–H groups in total. The van der Waals surface area contributed by atoms with Gasteiger partial charge in [0.05, 0.1) is 51.0 Å². The van der Waals surface area contributed by atoms with Crippen molar-refractivity contribution in [1.29, 1.82) is 0 Å². The van der Waals surface area contributed by atoms with Crippen LogP contribution in [0.2, 0.25) is 0 Å². The molecule has 0 aromatic carbocycles. The number of hydrogen-bond acceptors (Lipinski definition) is 9. The SMILES string of the molecule is CC.CC(C)(C)OC=O.CNCCOCCOCCOc1cc(CO)nc(CO)c1. The van der Waals surface area contributed by atoms with Crippen molar-refractivity contribution in [2.24, 2.45) is 0 Å². The minimum Gasteiger partial charge on any atom is -0.491 e. The molecule has 9 nitrogen and oxygen atoms in total. The molecule has 1 aromatic rings. The van der Waals surface area contributed by atoms with Gasteiger partial charge in [0.15, 0.2) is 0 Å². The molecule has 0 aliphatic rings. The molecule has 1 heterocycles. The van der Waals surface area contributed by atoms with E-state index in [-0.39, 0.29) is 18.8 Å². The lowest BCUT2D eigenvalue weighted by Gasteiger charge is -2.14. The monoisotopic (exact) mass is 432 g/mol. The van der Waals surface area contributed by atoms with E-state index in [0.717, 1.165) is 6.54 Å². The first kappa shape index (κ1) is 30.4. The van der Waals surface area contributed by atoms with Gasteiger partial charge in [0.25, 0.3) is 6.47 Å². The molecule has 30 heavy (non-hydrogen) atoms. The van der Waals surface area contributed by atoms with Crippen LogP contribution in [0.4, 0.5) is 0 Å². The minimum atomic E-state index is -0.318. The van der Waals surface area contributed by atoms with Crippen molar-refractivity contribution < 1.29 is 34.0 Å². The number of nitrogens with one attached hydrogen (secondary N) is 1. The van der Waals surface area contributed by atoms with Gasteiger partial charge in [0.2, 0.25) is 0 Å². The average molecular weight is 433 g/mol. The maximum absolute atomic E-state index is 9.60. The highest BCUT2D eigenvalue weighted by atomic mass is 16.5. The lowest BCUT2D eigenvalue weighted by atomic mass is 10.2. The summed E-state index contributed by atoms with van der Waals surface area (Å²) in [6, 6.07) is 3.28. The highest BCUT2D eigenvalue weighted by Gasteiger charge is 2.07. The number of pyridine rings is 1. The van der Waals surface area contributed by atoms with E-state index < -0.39 is 0 Å². The summed E-state index contributed by atoms with van der Waals surface area (Å²) in [5.41, 5.74) is 0.618. The Kier molecular flexibility index (Phi) is 20.8. The summed E-state index contributed by atoms with van der Waals surface area (Å²) in [6.07, 6.45) is 0. The molecule has 0 saturated heterocycles. The van der Waals surface area contributed by atoms with Gasteiger partial charge in [0.1, 0.15) is 18.0 Å². The number of nitrogens with zero attached hydrogens (tertiary/aromatic N) is 1. The molecule has 0 unspecified atom stereocenters. The number of aromatic nitrogens is 1. The zero-order valence-electron chi connectivity index (χ0n) is 19.3. The third-order valence-electron chi connectivity index (χ3n) is 3.00. The topological polar surface area (TPSA) is 119 Å². The Labute approximate surface area is 180 Å². The zero-order valence-corrected chi connectivity index (χ0v) is 19.3. The Morgan fingerprint density at radius 3 is 1.87 bits per heavy atom. The summed E-state index contributed by atoms with van der Waals surface area (Å²) in [6.45, 7) is 12.9. The number of carbonyl (C=O) groups excluding carboxylic acids is 1. The normalized spacial score (nSPS) is 10.3. The van der Waals surface area contributed by atoms with Crippen molar-refractivity contribution in [3.63, 3.8) is 0 Å². The van der Waals surface area contributed by atoms with E-state index in [2.05, 4.69) is 15.0 Å². The van der Waals surface area contributed by atoms with E-state index in [1.807, 2.05) is 41.7 Å². The van der Waals surface area contributed by atoms with Gasteiger partial charge in [-0.1, -0.05) is 13.8 Å². The first-order valence-corrected chi connectivity index (χ1v) is 10.1. The third kappa shape index (κ3) is 19.5. The fourth-order valence-corrected chi connectivity index (χ4v) is 1.72. The number of aliphatic hydroxyl groups is 2. The van der Waals surface area contributed by atoms with Gasteiger partial charge in [-0.3, -0.25) is 9.78 Å². The molecule has 0 saturated carbocycles. The number of rotatable bonds is 13. The van der Waals surface area contributed by atoms with E-state index >= 15 is 0 Å². The van der Waals surface area contributed by atoms with Gasteiger partial charge >= 0.3 is 0 Å². The molecule has 1 rings (SSSR count). The van der Waals surface area contributed by atoms with Crippen molar-refractivity contribution in [1.82, 2.24) is 10.3 Å². The van der Waals surface area contributed by atoms with Crippen LogP contribution in [-0.4, -0.2) is 73.9 Å². The predicted octanol–water partition coefficient (Wildman–Crippen LogP) is 1.68. The van der Waals surface area contributed by atoms with Crippen LogP contribution < -0.4 is 10.1 Å². The Morgan fingerprint density at radius 2 is 1.47 bits per heavy atom. The fraction of sp³-hybridized carbons (Fsp3) is 0.714. The Hall–Kier alpha value is -1.78. The van der Waals surface area contributed by atoms with Crippen molar-refractivity contribution in [2.75, 3.05) is 46.6 Å². The van der Waals surface area contributed by atoms with Crippen molar-refractivity contribution >= 4 is 6.47 Å². The molecule has 0 radical (unpaired) electrons. The molecule has 0 amide bonds. The zero-order chi connectivity index (χ0) is 23.3. The van der Waals surface area contributed by atoms with Crippen LogP contribution >= 0.6 is 0 Å². The van der Waals surface area contributed by atoms with Crippen LogP contribution in [0.15, 0.2) is 12.1 Å². The van der Waals surface area contributed by atoms with Gasteiger partial charge < -0.3 is 34.5 Å². The average Bonchev–Trinajstić information content (AvgIpc) is 2.73. The number of likely N-dealkylation sites (N-methyl/N-ethyl adjacent to an activating group) is 1. The van der Waals surface area contributed by atoms with E-state index in [1.165, 1.54) is 0 Å². The highest BCUT2D eigenvalue weighted by Crippen LogP contribution is 2.14. The molecule has 176 valence electrons. The molecule has 0 spiro atoms. The Balaban J connectivity index is 0. The van der Waals surface area contributed by atoms with E-state index in [1.54, 1.807) is 12.1 Å². The van der Waals surface area contributed by atoms with Crippen LogP contribution in [-0.2, 0) is 32.2 Å². The number of hydrogen-bond donors (Lipinski definition) is 3. The van der Waals surface area contributed by atoms with E-state index in [0.29, 0.717) is 56.6 Å². The lowest BCUT2D eigenvalue weighted by Crippen LogP contribution is -2.17.